The third kappa shape index (κ3) is 2.88. The van der Waals surface area contributed by atoms with Crippen LogP contribution in [0.2, 0.25) is 0 Å². The van der Waals surface area contributed by atoms with Crippen LogP contribution in [0.4, 0.5) is 31.8 Å². The third-order valence-electron chi connectivity index (χ3n) is 2.85. The lowest BCUT2D eigenvalue weighted by atomic mass is 10.2. The number of nitro groups is 1. The van der Waals surface area contributed by atoms with E-state index in [0.717, 1.165) is 6.07 Å². The van der Waals surface area contributed by atoms with Gasteiger partial charge in [-0.15, -0.1) is 0 Å². The molecule has 0 radical (unpaired) electrons. The summed E-state index contributed by atoms with van der Waals surface area (Å²) in [4.78, 5) is 14.2. The Labute approximate surface area is 119 Å². The van der Waals surface area contributed by atoms with E-state index in [0.29, 0.717) is 5.82 Å². The van der Waals surface area contributed by atoms with Gasteiger partial charge in [-0.25, -0.2) is 13.8 Å². The summed E-state index contributed by atoms with van der Waals surface area (Å²) in [6.45, 7) is 1.46. The lowest BCUT2D eigenvalue weighted by Crippen LogP contribution is -2.05. The quantitative estimate of drug-likeness (QED) is 0.667. The Hall–Kier alpha value is -2.77. The highest BCUT2D eigenvalue weighted by Crippen LogP contribution is 2.30. The summed E-state index contributed by atoms with van der Waals surface area (Å²) in [5.41, 5.74) is -0.639. The molecule has 0 bridgehead atoms. The van der Waals surface area contributed by atoms with E-state index in [9.17, 15) is 18.9 Å². The Morgan fingerprint density at radius 3 is 2.57 bits per heavy atom. The Balaban J connectivity index is 2.53. The van der Waals surface area contributed by atoms with Crippen LogP contribution >= 0.6 is 0 Å². The molecule has 21 heavy (non-hydrogen) atoms. The zero-order chi connectivity index (χ0) is 15.6. The molecule has 0 aliphatic heterocycles. The molecule has 0 unspecified atom stereocenters. The van der Waals surface area contributed by atoms with Crippen molar-refractivity contribution in [3.63, 3.8) is 0 Å². The van der Waals surface area contributed by atoms with Crippen LogP contribution in [0.3, 0.4) is 0 Å². The standard InChI is InChI=1S/C13H12F2N4O2/c1-7-3-4-8(14)12(11(7)15)18-13-9(19(20)21)5-6-10(16-2)17-13/h3-6H,1-2H3,(H2,16,17,18). The molecule has 2 N–H and O–H groups in total. The summed E-state index contributed by atoms with van der Waals surface area (Å²) < 4.78 is 27.7. The molecule has 6 nitrogen and oxygen atoms in total. The van der Waals surface area contributed by atoms with Gasteiger partial charge in [0.15, 0.2) is 5.82 Å². The van der Waals surface area contributed by atoms with Gasteiger partial charge < -0.3 is 10.6 Å². The Morgan fingerprint density at radius 1 is 1.24 bits per heavy atom. The Bertz CT molecular complexity index is 707. The number of hydrogen-bond donors (Lipinski definition) is 2. The number of rotatable bonds is 4. The summed E-state index contributed by atoms with van der Waals surface area (Å²) in [6.07, 6.45) is 0. The zero-order valence-corrected chi connectivity index (χ0v) is 11.3. The zero-order valence-electron chi connectivity index (χ0n) is 11.3. The van der Waals surface area contributed by atoms with Gasteiger partial charge in [0.25, 0.3) is 0 Å². The fraction of sp³-hybridized carbons (Fsp3) is 0.154. The lowest BCUT2D eigenvalue weighted by molar-refractivity contribution is -0.384. The fourth-order valence-corrected chi connectivity index (χ4v) is 1.72. The number of anilines is 3. The molecule has 1 aromatic heterocycles. The van der Waals surface area contributed by atoms with E-state index in [-0.39, 0.29) is 17.1 Å². The molecule has 0 saturated carbocycles. The summed E-state index contributed by atoms with van der Waals surface area (Å²) in [5.74, 6) is -1.59. The Morgan fingerprint density at radius 2 is 1.95 bits per heavy atom. The van der Waals surface area contributed by atoms with Crippen LogP contribution in [-0.4, -0.2) is 17.0 Å². The molecule has 0 aliphatic carbocycles. The van der Waals surface area contributed by atoms with Crippen molar-refractivity contribution in [1.29, 1.82) is 0 Å². The smallest absolute Gasteiger partial charge is 0.311 e. The monoisotopic (exact) mass is 294 g/mol. The van der Waals surface area contributed by atoms with E-state index in [1.54, 1.807) is 7.05 Å². The van der Waals surface area contributed by atoms with E-state index >= 15 is 0 Å². The van der Waals surface area contributed by atoms with Crippen LogP contribution < -0.4 is 10.6 Å². The molecule has 0 fully saturated rings. The van der Waals surface area contributed by atoms with E-state index in [1.165, 1.54) is 25.1 Å². The number of hydrogen-bond acceptors (Lipinski definition) is 5. The van der Waals surface area contributed by atoms with Crippen LogP contribution in [0.15, 0.2) is 24.3 Å². The van der Waals surface area contributed by atoms with Gasteiger partial charge in [0.1, 0.15) is 17.3 Å². The number of pyridine rings is 1. The van der Waals surface area contributed by atoms with Gasteiger partial charge in [-0.2, -0.15) is 0 Å². The third-order valence-corrected chi connectivity index (χ3v) is 2.85. The molecule has 8 heteroatoms. The van der Waals surface area contributed by atoms with Crippen LogP contribution in [-0.2, 0) is 0 Å². The van der Waals surface area contributed by atoms with Crippen LogP contribution in [0.1, 0.15) is 5.56 Å². The van der Waals surface area contributed by atoms with E-state index in [1.807, 2.05) is 0 Å². The first kappa shape index (κ1) is 14.6. The maximum Gasteiger partial charge on any atom is 0.311 e. The van der Waals surface area contributed by atoms with Gasteiger partial charge in [0, 0.05) is 13.1 Å². The van der Waals surface area contributed by atoms with Gasteiger partial charge in [-0.1, -0.05) is 6.07 Å². The van der Waals surface area contributed by atoms with Gasteiger partial charge in [-0.3, -0.25) is 10.1 Å². The van der Waals surface area contributed by atoms with Crippen molar-refractivity contribution in [3.05, 3.63) is 51.6 Å². The minimum Gasteiger partial charge on any atom is -0.373 e. The predicted octanol–water partition coefficient (Wildman–Crippen LogP) is 3.36. The highest BCUT2D eigenvalue weighted by Gasteiger charge is 2.20. The van der Waals surface area contributed by atoms with Gasteiger partial charge in [0.05, 0.1) is 4.92 Å². The van der Waals surface area contributed by atoms with Crippen LogP contribution in [0.5, 0.6) is 0 Å². The molecule has 2 rings (SSSR count). The molecule has 0 saturated heterocycles. The molecule has 0 spiro atoms. The van der Waals surface area contributed by atoms with Crippen molar-refractivity contribution in [2.45, 2.75) is 6.92 Å². The second-order valence-corrected chi connectivity index (χ2v) is 4.25. The van der Waals surface area contributed by atoms with Gasteiger partial charge in [0.2, 0.25) is 5.82 Å². The second kappa shape index (κ2) is 5.70. The van der Waals surface area contributed by atoms with Gasteiger partial charge >= 0.3 is 5.69 Å². The summed E-state index contributed by atoms with van der Waals surface area (Å²) in [7, 11) is 1.58. The SMILES string of the molecule is CNc1ccc([N+](=O)[O-])c(Nc2c(F)ccc(C)c2F)n1. The molecular weight excluding hydrogens is 282 g/mol. The van der Waals surface area contributed by atoms with Crippen LogP contribution in [0, 0.1) is 28.7 Å². The van der Waals surface area contributed by atoms with Crippen molar-refractivity contribution in [3.8, 4) is 0 Å². The lowest BCUT2D eigenvalue weighted by Gasteiger charge is -2.11. The summed E-state index contributed by atoms with van der Waals surface area (Å²) in [6, 6.07) is 4.95. The van der Waals surface area contributed by atoms with Crippen molar-refractivity contribution < 1.29 is 13.7 Å². The van der Waals surface area contributed by atoms with Crippen LogP contribution in [0.25, 0.3) is 0 Å². The number of aromatic nitrogens is 1. The molecule has 2 aromatic rings. The number of nitrogens with one attached hydrogen (secondary N) is 2. The number of halogens is 2. The first-order valence-corrected chi connectivity index (χ1v) is 5.99. The van der Waals surface area contributed by atoms with Gasteiger partial charge in [-0.05, 0) is 24.6 Å². The molecule has 1 aromatic carbocycles. The molecule has 0 aliphatic rings. The first-order valence-electron chi connectivity index (χ1n) is 5.99. The topological polar surface area (TPSA) is 80.1 Å². The van der Waals surface area contributed by atoms with Crippen molar-refractivity contribution in [2.75, 3.05) is 17.7 Å². The highest BCUT2D eigenvalue weighted by atomic mass is 19.1. The largest absolute Gasteiger partial charge is 0.373 e. The van der Waals surface area contributed by atoms with Crippen molar-refractivity contribution in [2.24, 2.45) is 0 Å². The second-order valence-electron chi connectivity index (χ2n) is 4.25. The van der Waals surface area contributed by atoms with E-state index < -0.39 is 22.2 Å². The summed E-state index contributed by atoms with van der Waals surface area (Å²) in [5, 5.41) is 16.0. The fourth-order valence-electron chi connectivity index (χ4n) is 1.72. The Kier molecular flexibility index (Phi) is 3.97. The van der Waals surface area contributed by atoms with Crippen molar-refractivity contribution >= 4 is 23.0 Å². The normalized spacial score (nSPS) is 10.3. The maximum atomic E-state index is 13.9. The summed E-state index contributed by atoms with van der Waals surface area (Å²) >= 11 is 0. The minimum atomic E-state index is -0.857. The average molecular weight is 294 g/mol. The predicted molar refractivity (Wildman–Crippen MR) is 74.8 cm³/mol. The minimum absolute atomic E-state index is 0.214. The molecule has 0 amide bonds. The van der Waals surface area contributed by atoms with E-state index in [2.05, 4.69) is 15.6 Å². The first-order chi connectivity index (χ1) is 9.93. The molecular formula is C13H12F2N4O2. The van der Waals surface area contributed by atoms with Crippen molar-refractivity contribution in [1.82, 2.24) is 4.98 Å². The molecule has 1 heterocycles. The molecule has 0 atom stereocenters. The maximum absolute atomic E-state index is 13.9. The number of aryl methyl sites for hydroxylation is 1. The highest BCUT2D eigenvalue weighted by molar-refractivity contribution is 5.68. The molecule has 110 valence electrons. The number of benzene rings is 1. The van der Waals surface area contributed by atoms with E-state index in [4.69, 9.17) is 0 Å². The average Bonchev–Trinajstić information content (AvgIpc) is 2.47. The number of nitrogens with zero attached hydrogens (tertiary/aromatic N) is 2.